The Balaban J connectivity index is 4.10. The third-order valence-corrected chi connectivity index (χ3v) is 14.5. The molecule has 1 N–H and O–H groups in total. The van der Waals surface area contributed by atoms with Gasteiger partial charge in [0.15, 0.2) is 6.10 Å². The van der Waals surface area contributed by atoms with Gasteiger partial charge in [0.25, 0.3) is 6.29 Å². The normalized spacial score (nSPS) is 13.5. The van der Waals surface area contributed by atoms with E-state index >= 15 is 0 Å². The van der Waals surface area contributed by atoms with E-state index in [1.807, 2.05) is 21.1 Å². The number of nitrogens with zero attached hydrogens (tertiary/aromatic N) is 1. The number of aliphatic carboxylic acids is 1. The number of unbranched alkanes of at least 4 members (excludes halogenated alkanes) is 27. The highest BCUT2D eigenvalue weighted by Gasteiger charge is 2.25. The SMILES string of the molecule is CC/C=C\C/C=C\C/C=C\C/C=C\C/C=C\C/C=C\C/C=C\C/C=C\C/C=C\CCCCCCCCCCCCCCCC(=O)OC(COC(=O)CCCCCCCCC/C=C\CCCCCCCCC)COC(OCC[N+](C)(C)C)C(=O)O. The van der Waals surface area contributed by atoms with E-state index < -0.39 is 24.3 Å². The summed E-state index contributed by atoms with van der Waals surface area (Å²) in [6.07, 6.45) is 88.7. The average Bonchev–Trinajstić information content (AvgIpc) is 3.52. The average molecular weight is 1170 g/mol. The van der Waals surface area contributed by atoms with Crippen LogP contribution in [0, 0.1) is 0 Å². The van der Waals surface area contributed by atoms with E-state index in [4.69, 9.17) is 18.9 Å². The summed E-state index contributed by atoms with van der Waals surface area (Å²) in [5, 5.41) is 9.73. The summed E-state index contributed by atoms with van der Waals surface area (Å²) in [5.41, 5.74) is 0. The monoisotopic (exact) mass is 1170 g/mol. The van der Waals surface area contributed by atoms with Crippen LogP contribution in [0.2, 0.25) is 0 Å². The Morgan fingerprint density at radius 1 is 0.369 bits per heavy atom. The van der Waals surface area contributed by atoms with Gasteiger partial charge in [0, 0.05) is 12.8 Å². The molecule has 0 fully saturated rings. The van der Waals surface area contributed by atoms with Crippen LogP contribution in [-0.2, 0) is 33.3 Å². The smallest absolute Gasteiger partial charge is 0.361 e. The van der Waals surface area contributed by atoms with Crippen molar-refractivity contribution in [1.29, 1.82) is 0 Å². The zero-order valence-electron chi connectivity index (χ0n) is 54.8. The molecule has 0 aromatic heterocycles. The maximum absolute atomic E-state index is 12.9. The number of esters is 2. The van der Waals surface area contributed by atoms with E-state index in [1.54, 1.807) is 0 Å². The highest BCUT2D eigenvalue weighted by molar-refractivity contribution is 5.71. The number of carboxylic acid groups (broad SMARTS) is 1. The van der Waals surface area contributed by atoms with Crippen LogP contribution in [0.15, 0.2) is 122 Å². The molecule has 0 radical (unpaired) electrons. The van der Waals surface area contributed by atoms with Crippen LogP contribution in [0.25, 0.3) is 0 Å². The molecule has 480 valence electrons. The van der Waals surface area contributed by atoms with Crippen LogP contribution < -0.4 is 0 Å². The topological polar surface area (TPSA) is 108 Å². The molecule has 0 aromatic carbocycles. The first-order valence-electron chi connectivity index (χ1n) is 34.2. The van der Waals surface area contributed by atoms with E-state index in [-0.39, 0.29) is 32.2 Å². The lowest BCUT2D eigenvalue weighted by atomic mass is 10.0. The van der Waals surface area contributed by atoms with Gasteiger partial charge in [0.05, 0.1) is 34.4 Å². The largest absolute Gasteiger partial charge is 0.477 e. The molecule has 0 amide bonds. The van der Waals surface area contributed by atoms with Crippen molar-refractivity contribution in [3.63, 3.8) is 0 Å². The van der Waals surface area contributed by atoms with Crippen LogP contribution in [0.3, 0.4) is 0 Å². The molecule has 9 nitrogen and oxygen atoms in total. The minimum absolute atomic E-state index is 0.183. The molecule has 0 heterocycles. The zero-order chi connectivity index (χ0) is 61.2. The second-order valence-electron chi connectivity index (χ2n) is 23.7. The third-order valence-electron chi connectivity index (χ3n) is 14.5. The fraction of sp³-hybridized carbons (Fsp3) is 0.693. The molecule has 0 spiro atoms. The van der Waals surface area contributed by atoms with Gasteiger partial charge in [-0.3, -0.25) is 9.59 Å². The summed E-state index contributed by atoms with van der Waals surface area (Å²) in [6, 6.07) is 0. The fourth-order valence-corrected chi connectivity index (χ4v) is 9.24. The minimum Gasteiger partial charge on any atom is -0.477 e. The number of hydrogen-bond acceptors (Lipinski definition) is 7. The molecule has 2 atom stereocenters. The summed E-state index contributed by atoms with van der Waals surface area (Å²) in [6.45, 7) is 4.77. The van der Waals surface area contributed by atoms with E-state index in [0.717, 1.165) is 96.3 Å². The predicted molar refractivity (Wildman–Crippen MR) is 359 cm³/mol. The van der Waals surface area contributed by atoms with Crippen LogP contribution in [0.1, 0.15) is 277 Å². The molecular formula is C75H128NO8+. The minimum atomic E-state index is -1.52. The van der Waals surface area contributed by atoms with Crippen molar-refractivity contribution >= 4 is 17.9 Å². The molecular weight excluding hydrogens is 1040 g/mol. The van der Waals surface area contributed by atoms with Gasteiger partial charge in [0.1, 0.15) is 13.2 Å². The van der Waals surface area contributed by atoms with Crippen LogP contribution in [0.5, 0.6) is 0 Å². The summed E-state index contributed by atoms with van der Waals surface area (Å²) in [5.74, 6) is -2.01. The second-order valence-corrected chi connectivity index (χ2v) is 23.7. The van der Waals surface area contributed by atoms with Gasteiger partial charge in [-0.1, -0.05) is 277 Å². The van der Waals surface area contributed by atoms with E-state index in [9.17, 15) is 19.5 Å². The molecule has 84 heavy (non-hydrogen) atoms. The van der Waals surface area contributed by atoms with E-state index in [0.29, 0.717) is 23.9 Å². The molecule has 9 heteroatoms. The van der Waals surface area contributed by atoms with E-state index in [1.165, 1.54) is 148 Å². The van der Waals surface area contributed by atoms with E-state index in [2.05, 4.69) is 135 Å². The van der Waals surface area contributed by atoms with Gasteiger partial charge in [0.2, 0.25) is 0 Å². The van der Waals surface area contributed by atoms with Crippen molar-refractivity contribution in [2.45, 2.75) is 289 Å². The maximum atomic E-state index is 12.9. The molecule has 0 aliphatic rings. The summed E-state index contributed by atoms with van der Waals surface area (Å²) in [4.78, 5) is 37.5. The molecule has 2 unspecified atom stereocenters. The molecule has 0 bridgehead atoms. The maximum Gasteiger partial charge on any atom is 0.361 e. The summed E-state index contributed by atoms with van der Waals surface area (Å²) in [7, 11) is 5.97. The van der Waals surface area contributed by atoms with Gasteiger partial charge >= 0.3 is 17.9 Å². The predicted octanol–water partition coefficient (Wildman–Crippen LogP) is 21.2. The number of ether oxygens (including phenoxy) is 4. The van der Waals surface area contributed by atoms with Crippen LogP contribution in [0.4, 0.5) is 0 Å². The summed E-state index contributed by atoms with van der Waals surface area (Å²) >= 11 is 0. The van der Waals surface area contributed by atoms with Gasteiger partial charge in [-0.15, -0.1) is 0 Å². The van der Waals surface area contributed by atoms with Crippen molar-refractivity contribution in [2.75, 3.05) is 47.5 Å². The Bertz CT molecular complexity index is 1790. The van der Waals surface area contributed by atoms with Crippen molar-refractivity contribution < 1.29 is 42.9 Å². The van der Waals surface area contributed by atoms with Crippen molar-refractivity contribution in [3.05, 3.63) is 122 Å². The van der Waals surface area contributed by atoms with Gasteiger partial charge in [-0.2, -0.15) is 0 Å². The lowest BCUT2D eigenvalue weighted by Gasteiger charge is -2.25. The number of hydrogen-bond donors (Lipinski definition) is 1. The molecule has 0 aromatic rings. The second kappa shape index (κ2) is 64.7. The number of allylic oxidation sites excluding steroid dienone is 20. The van der Waals surface area contributed by atoms with Crippen molar-refractivity contribution in [1.82, 2.24) is 0 Å². The molecule has 0 saturated carbocycles. The van der Waals surface area contributed by atoms with Gasteiger partial charge < -0.3 is 28.5 Å². The highest BCUT2D eigenvalue weighted by Crippen LogP contribution is 2.16. The van der Waals surface area contributed by atoms with Crippen LogP contribution in [-0.4, -0.2) is 87.4 Å². The number of rotatable bonds is 62. The Labute approximate surface area is 517 Å². The van der Waals surface area contributed by atoms with Gasteiger partial charge in [-0.05, 0) is 109 Å². The van der Waals surface area contributed by atoms with Crippen molar-refractivity contribution in [2.24, 2.45) is 0 Å². The fourth-order valence-electron chi connectivity index (χ4n) is 9.24. The Morgan fingerprint density at radius 3 is 1.02 bits per heavy atom. The first-order chi connectivity index (χ1) is 41.1. The Hall–Kier alpha value is -4.31. The van der Waals surface area contributed by atoms with Crippen LogP contribution >= 0.6 is 0 Å². The zero-order valence-corrected chi connectivity index (χ0v) is 54.8. The molecule has 0 aliphatic carbocycles. The quantitative estimate of drug-likeness (QED) is 0.0211. The van der Waals surface area contributed by atoms with Gasteiger partial charge in [-0.25, -0.2) is 4.79 Å². The highest BCUT2D eigenvalue weighted by atomic mass is 16.7. The molecule has 0 rings (SSSR count). The number of carboxylic acids is 1. The lowest BCUT2D eigenvalue weighted by Crippen LogP contribution is -2.40. The third kappa shape index (κ3) is 65.2. The number of likely N-dealkylation sites (N-methyl/N-ethyl adjacent to an activating group) is 1. The number of quaternary nitrogens is 1. The molecule has 0 saturated heterocycles. The lowest BCUT2D eigenvalue weighted by molar-refractivity contribution is -0.870. The molecule has 0 aliphatic heterocycles. The number of carbonyl (C=O) groups excluding carboxylic acids is 2. The number of carbonyl (C=O) groups is 3. The Morgan fingerprint density at radius 2 is 0.679 bits per heavy atom. The summed E-state index contributed by atoms with van der Waals surface area (Å²) < 4.78 is 22.9. The first kappa shape index (κ1) is 79.7. The first-order valence-corrected chi connectivity index (χ1v) is 34.2. The van der Waals surface area contributed by atoms with Crippen molar-refractivity contribution in [3.8, 4) is 0 Å². The standard InChI is InChI=1S/C75H127NO8/c1-6-8-10-12-14-16-18-20-22-24-26-27-28-29-30-31-32-33-34-35-36-37-38-39-40-41-42-43-44-45-46-47-48-50-52-54-56-58-60-62-64-66-73(78)84-71(70-83-75(74(79)80)81-68-67-76(3,4)5)69-82-72(77)65-63-61-59-57-55-53-51-49-25-23-21-19-17-15-13-11-9-7-2/h8,10,14,16,20,22-23,25-27,29-30,32-33,35-36,38-39,41-42,71,75H,6-7,9,11-13,15,17-19,21,24,28,31,34,37,40,43-70H2,1-5H3/p+1/b10-8-,16-14-,22-20-,25-23-,27-26-,30-29-,33-32-,36-35-,39-38-,42-41-. The Kier molecular flexibility index (Phi) is 61.4.